The third kappa shape index (κ3) is 9.57. The summed E-state index contributed by atoms with van der Waals surface area (Å²) in [6, 6.07) is 1.34. The maximum absolute atomic E-state index is 5.60. The van der Waals surface area contributed by atoms with Gasteiger partial charge in [-0.3, -0.25) is 0 Å². The molecule has 0 unspecified atom stereocenters. The van der Waals surface area contributed by atoms with Gasteiger partial charge < -0.3 is 10.1 Å². The monoisotopic (exact) mass is 214 g/mol. The molecule has 0 atom stereocenters. The van der Waals surface area contributed by atoms with Crippen LogP contribution >= 0.6 is 0 Å². The highest BCUT2D eigenvalue weighted by Crippen LogP contribution is 1.96. The first-order valence-corrected chi connectivity index (χ1v) is 6.03. The highest BCUT2D eigenvalue weighted by atomic mass is 16.5. The molecule has 0 heterocycles. The summed E-state index contributed by atoms with van der Waals surface area (Å²) < 4.78 is 5.60. The van der Waals surface area contributed by atoms with Crippen LogP contribution < -0.4 is 5.32 Å². The number of aliphatic imine (C=N–C) groups is 1. The maximum atomic E-state index is 5.60. The van der Waals surface area contributed by atoms with Gasteiger partial charge in [0, 0.05) is 12.1 Å². The van der Waals surface area contributed by atoms with E-state index in [-0.39, 0.29) is 6.04 Å². The summed E-state index contributed by atoms with van der Waals surface area (Å²) >= 11 is 0. The Morgan fingerprint density at radius 3 is 2.33 bits per heavy atom. The topological polar surface area (TPSA) is 33.6 Å². The lowest BCUT2D eigenvalue weighted by molar-refractivity contribution is 0.273. The number of unbranched alkanes of at least 4 members (excludes halogenated alkanes) is 2. The fourth-order valence-electron chi connectivity index (χ4n) is 1.12. The highest BCUT2D eigenvalue weighted by Gasteiger charge is 2.03. The molecule has 0 saturated heterocycles. The van der Waals surface area contributed by atoms with Crippen molar-refractivity contribution in [3.63, 3.8) is 0 Å². The molecular formula is C12H26N2O. The van der Waals surface area contributed by atoms with Gasteiger partial charge in [0.15, 0.2) is 0 Å². The first-order chi connectivity index (χ1) is 7.06. The van der Waals surface area contributed by atoms with Gasteiger partial charge >= 0.3 is 0 Å². The molecule has 15 heavy (non-hydrogen) atoms. The summed E-state index contributed by atoms with van der Waals surface area (Å²) in [5, 5.41) is 3.22. The van der Waals surface area contributed by atoms with E-state index < -0.39 is 0 Å². The van der Waals surface area contributed by atoms with E-state index in [0.29, 0.717) is 12.1 Å². The number of nitrogens with one attached hydrogen (secondary N) is 1. The Labute approximate surface area is 94.3 Å². The van der Waals surface area contributed by atoms with Gasteiger partial charge in [0.2, 0.25) is 0 Å². The van der Waals surface area contributed by atoms with Crippen molar-refractivity contribution in [1.82, 2.24) is 5.32 Å². The van der Waals surface area contributed by atoms with Crippen molar-refractivity contribution >= 4 is 6.02 Å². The first kappa shape index (κ1) is 14.3. The van der Waals surface area contributed by atoms with Crippen LogP contribution in [0, 0.1) is 0 Å². The summed E-state index contributed by atoms with van der Waals surface area (Å²) in [4.78, 5) is 4.40. The van der Waals surface area contributed by atoms with Gasteiger partial charge in [-0.1, -0.05) is 19.8 Å². The van der Waals surface area contributed by atoms with E-state index in [9.17, 15) is 0 Å². The van der Waals surface area contributed by atoms with Crippen LogP contribution in [0.1, 0.15) is 53.9 Å². The molecule has 0 amide bonds. The van der Waals surface area contributed by atoms with Crippen LogP contribution in [0.2, 0.25) is 0 Å². The minimum absolute atomic E-state index is 0.275. The summed E-state index contributed by atoms with van der Waals surface area (Å²) in [5.41, 5.74) is 0. The van der Waals surface area contributed by atoms with Crippen LogP contribution in [0.15, 0.2) is 4.99 Å². The van der Waals surface area contributed by atoms with Gasteiger partial charge in [-0.15, -0.1) is 0 Å². The first-order valence-electron chi connectivity index (χ1n) is 6.03. The number of amidine groups is 1. The van der Waals surface area contributed by atoms with Crippen LogP contribution in [0.3, 0.4) is 0 Å². The quantitative estimate of drug-likeness (QED) is 0.419. The Morgan fingerprint density at radius 1 is 1.20 bits per heavy atom. The molecule has 0 aromatic heterocycles. The Bertz CT molecular complexity index is 176. The Hall–Kier alpha value is -0.730. The molecule has 0 aromatic rings. The van der Waals surface area contributed by atoms with E-state index >= 15 is 0 Å². The van der Waals surface area contributed by atoms with E-state index in [0.717, 1.165) is 13.0 Å². The molecule has 0 aliphatic carbocycles. The fourth-order valence-corrected chi connectivity index (χ4v) is 1.12. The number of hydrogen-bond acceptors (Lipinski definition) is 2. The lowest BCUT2D eigenvalue weighted by atomic mass is 10.3. The summed E-state index contributed by atoms with van der Waals surface area (Å²) in [7, 11) is 0. The molecule has 0 spiro atoms. The average molecular weight is 214 g/mol. The Balaban J connectivity index is 3.91. The molecule has 90 valence electrons. The van der Waals surface area contributed by atoms with Crippen molar-refractivity contribution in [2.45, 2.75) is 66.0 Å². The molecule has 0 fully saturated rings. The number of nitrogens with zero attached hydrogens (tertiary/aromatic N) is 1. The van der Waals surface area contributed by atoms with E-state index in [1.807, 2.05) is 0 Å². The number of hydrogen-bond donors (Lipinski definition) is 1. The largest absolute Gasteiger partial charge is 0.465 e. The predicted octanol–water partition coefficient (Wildman–Crippen LogP) is 2.96. The zero-order chi connectivity index (χ0) is 11.7. The second kappa shape index (κ2) is 8.57. The molecule has 0 saturated carbocycles. The maximum Gasteiger partial charge on any atom is 0.285 e. The van der Waals surface area contributed by atoms with Crippen molar-refractivity contribution < 1.29 is 4.74 Å². The SMILES string of the molecule is CCCCCO/C(=N\C(C)C)NC(C)C. The minimum atomic E-state index is 0.275. The van der Waals surface area contributed by atoms with Crippen LogP contribution in [-0.4, -0.2) is 24.7 Å². The molecule has 0 radical (unpaired) electrons. The zero-order valence-corrected chi connectivity index (χ0v) is 10.8. The van der Waals surface area contributed by atoms with E-state index in [4.69, 9.17) is 4.74 Å². The molecule has 3 heteroatoms. The van der Waals surface area contributed by atoms with Crippen LogP contribution in [0.4, 0.5) is 0 Å². The lowest BCUT2D eigenvalue weighted by Crippen LogP contribution is -2.33. The van der Waals surface area contributed by atoms with Crippen molar-refractivity contribution in [3.8, 4) is 0 Å². The second-order valence-corrected chi connectivity index (χ2v) is 4.38. The van der Waals surface area contributed by atoms with Crippen LogP contribution in [0.5, 0.6) is 0 Å². The molecule has 3 nitrogen and oxygen atoms in total. The zero-order valence-electron chi connectivity index (χ0n) is 10.8. The molecule has 1 N–H and O–H groups in total. The van der Waals surface area contributed by atoms with Gasteiger partial charge in [0.1, 0.15) is 0 Å². The van der Waals surface area contributed by atoms with Crippen LogP contribution in [0.25, 0.3) is 0 Å². The van der Waals surface area contributed by atoms with Crippen molar-refractivity contribution in [2.24, 2.45) is 4.99 Å². The van der Waals surface area contributed by atoms with E-state index in [1.54, 1.807) is 0 Å². The van der Waals surface area contributed by atoms with Gasteiger partial charge in [-0.2, -0.15) is 0 Å². The number of ether oxygens (including phenoxy) is 1. The van der Waals surface area contributed by atoms with E-state index in [2.05, 4.69) is 44.9 Å². The van der Waals surface area contributed by atoms with Crippen molar-refractivity contribution in [1.29, 1.82) is 0 Å². The van der Waals surface area contributed by atoms with Crippen molar-refractivity contribution in [2.75, 3.05) is 6.61 Å². The Kier molecular flexibility index (Phi) is 8.15. The van der Waals surface area contributed by atoms with Gasteiger partial charge in [-0.05, 0) is 34.1 Å². The molecule has 0 bridgehead atoms. The third-order valence-electron chi connectivity index (χ3n) is 1.77. The molecule has 0 aliphatic rings. The molecule has 0 aromatic carbocycles. The highest BCUT2D eigenvalue weighted by molar-refractivity contribution is 5.73. The fraction of sp³-hybridized carbons (Fsp3) is 0.917. The number of rotatable bonds is 6. The third-order valence-corrected chi connectivity index (χ3v) is 1.77. The summed E-state index contributed by atoms with van der Waals surface area (Å²) in [6.07, 6.45) is 3.54. The van der Waals surface area contributed by atoms with Crippen LogP contribution in [-0.2, 0) is 4.74 Å². The van der Waals surface area contributed by atoms with Crippen molar-refractivity contribution in [3.05, 3.63) is 0 Å². The van der Waals surface area contributed by atoms with E-state index in [1.165, 1.54) is 12.8 Å². The average Bonchev–Trinajstić information content (AvgIpc) is 2.10. The Morgan fingerprint density at radius 2 is 1.87 bits per heavy atom. The standard InChI is InChI=1S/C12H26N2O/c1-6-7-8-9-15-12(13-10(2)3)14-11(4)5/h10-11H,6-9H2,1-5H3,(H,13,14). The lowest BCUT2D eigenvalue weighted by Gasteiger charge is -2.14. The predicted molar refractivity (Wildman–Crippen MR) is 66.3 cm³/mol. The minimum Gasteiger partial charge on any atom is -0.465 e. The van der Waals surface area contributed by atoms with Gasteiger partial charge in [-0.25, -0.2) is 4.99 Å². The van der Waals surface area contributed by atoms with Gasteiger partial charge in [0.25, 0.3) is 6.02 Å². The normalized spacial score (nSPS) is 12.3. The summed E-state index contributed by atoms with van der Waals surface area (Å²) in [5.74, 6) is 0. The molecular weight excluding hydrogens is 188 g/mol. The molecule has 0 aliphatic heterocycles. The molecule has 0 rings (SSSR count). The van der Waals surface area contributed by atoms with Gasteiger partial charge in [0.05, 0.1) is 6.61 Å². The summed E-state index contributed by atoms with van der Waals surface area (Å²) in [6.45, 7) is 11.2. The smallest absolute Gasteiger partial charge is 0.285 e. The second-order valence-electron chi connectivity index (χ2n) is 4.38.